The Morgan fingerprint density at radius 2 is 2.06 bits per heavy atom. The van der Waals surface area contributed by atoms with Gasteiger partial charge in [0.25, 0.3) is 0 Å². The van der Waals surface area contributed by atoms with Crippen molar-refractivity contribution in [2.45, 2.75) is 37.0 Å². The first-order valence-electron chi connectivity index (χ1n) is 6.47. The smallest absolute Gasteiger partial charge is 0.122 e. The molecule has 0 radical (unpaired) electrons. The molecule has 3 N–H and O–H groups in total. The third kappa shape index (κ3) is 3.25. The largest absolute Gasteiger partial charge is 0.497 e. The van der Waals surface area contributed by atoms with Gasteiger partial charge in [0, 0.05) is 34.8 Å². The number of rotatable bonds is 4. The molecule has 3 nitrogen and oxygen atoms in total. The first-order valence-corrected chi connectivity index (χ1v) is 7.75. The van der Waals surface area contributed by atoms with Crippen LogP contribution in [-0.4, -0.2) is 24.7 Å². The molecule has 1 aromatic carbocycles. The van der Waals surface area contributed by atoms with Crippen LogP contribution >= 0.6 is 11.8 Å². The van der Waals surface area contributed by atoms with Crippen LogP contribution in [0.1, 0.15) is 25.7 Å². The van der Waals surface area contributed by atoms with E-state index in [4.69, 9.17) is 10.5 Å². The van der Waals surface area contributed by atoms with E-state index in [-0.39, 0.29) is 0 Å². The Kier molecular flexibility index (Phi) is 4.64. The van der Waals surface area contributed by atoms with Crippen molar-refractivity contribution in [1.82, 2.24) is 0 Å². The second-order valence-corrected chi connectivity index (χ2v) is 5.88. The zero-order valence-electron chi connectivity index (χ0n) is 11.1. The third-order valence-electron chi connectivity index (χ3n) is 3.52. The summed E-state index contributed by atoms with van der Waals surface area (Å²) in [5.74, 6) is 0.814. The van der Waals surface area contributed by atoms with Gasteiger partial charge in [-0.15, -0.1) is 0 Å². The van der Waals surface area contributed by atoms with E-state index in [9.17, 15) is 0 Å². The molecule has 1 fully saturated rings. The summed E-state index contributed by atoms with van der Waals surface area (Å²) in [5.41, 5.74) is 7.69. The van der Waals surface area contributed by atoms with Gasteiger partial charge in [-0.05, 0) is 25.2 Å². The lowest BCUT2D eigenvalue weighted by Gasteiger charge is -2.31. The number of benzene rings is 1. The molecular formula is C14H22N2OS. The predicted molar refractivity (Wildman–Crippen MR) is 80.6 cm³/mol. The number of hydrogen-bond acceptors (Lipinski definition) is 4. The Labute approximate surface area is 113 Å². The normalized spacial score (nSPS) is 23.7. The Hall–Kier alpha value is -1.03. The molecule has 4 heteroatoms. The summed E-state index contributed by atoms with van der Waals surface area (Å²) in [5, 5.41) is 4.32. The fourth-order valence-electron chi connectivity index (χ4n) is 2.58. The van der Waals surface area contributed by atoms with Crippen molar-refractivity contribution in [2.24, 2.45) is 0 Å². The van der Waals surface area contributed by atoms with Gasteiger partial charge in [0.05, 0.1) is 7.11 Å². The molecule has 100 valence electrons. The SMILES string of the molecule is COc1cc(N)cc(NC2CCCCC2SC)c1. The van der Waals surface area contributed by atoms with Crippen molar-refractivity contribution in [1.29, 1.82) is 0 Å². The highest BCUT2D eigenvalue weighted by Gasteiger charge is 2.24. The summed E-state index contributed by atoms with van der Waals surface area (Å²) in [6.45, 7) is 0. The summed E-state index contributed by atoms with van der Waals surface area (Å²) in [7, 11) is 1.67. The predicted octanol–water partition coefficient (Wildman–Crippen LogP) is 3.36. The van der Waals surface area contributed by atoms with Crippen molar-refractivity contribution < 1.29 is 4.74 Å². The minimum Gasteiger partial charge on any atom is -0.497 e. The average molecular weight is 266 g/mol. The van der Waals surface area contributed by atoms with E-state index < -0.39 is 0 Å². The fraction of sp³-hybridized carbons (Fsp3) is 0.571. The summed E-state index contributed by atoms with van der Waals surface area (Å²) >= 11 is 1.96. The fourth-order valence-corrected chi connectivity index (χ4v) is 3.52. The first-order chi connectivity index (χ1) is 8.72. The van der Waals surface area contributed by atoms with Crippen molar-refractivity contribution in [2.75, 3.05) is 24.4 Å². The summed E-state index contributed by atoms with van der Waals surface area (Å²) in [6, 6.07) is 6.38. The molecule has 1 aliphatic carbocycles. The minimum atomic E-state index is 0.542. The number of nitrogens with one attached hydrogen (secondary N) is 1. The lowest BCUT2D eigenvalue weighted by Crippen LogP contribution is -2.34. The van der Waals surface area contributed by atoms with Crippen LogP contribution in [0.15, 0.2) is 18.2 Å². The second-order valence-electron chi connectivity index (χ2n) is 4.80. The maximum atomic E-state index is 5.88. The van der Waals surface area contributed by atoms with Gasteiger partial charge in [-0.25, -0.2) is 0 Å². The van der Waals surface area contributed by atoms with Crippen molar-refractivity contribution in [3.8, 4) is 5.75 Å². The molecule has 1 aromatic rings. The van der Waals surface area contributed by atoms with E-state index in [0.29, 0.717) is 11.3 Å². The van der Waals surface area contributed by atoms with E-state index in [1.165, 1.54) is 25.7 Å². The molecule has 1 saturated carbocycles. The number of thioether (sulfide) groups is 1. The van der Waals surface area contributed by atoms with E-state index in [1.54, 1.807) is 7.11 Å². The highest BCUT2D eigenvalue weighted by molar-refractivity contribution is 7.99. The van der Waals surface area contributed by atoms with Gasteiger partial charge in [0.15, 0.2) is 0 Å². The molecule has 0 spiro atoms. The van der Waals surface area contributed by atoms with Crippen LogP contribution in [0, 0.1) is 0 Å². The molecule has 2 unspecified atom stereocenters. The van der Waals surface area contributed by atoms with E-state index >= 15 is 0 Å². The van der Waals surface area contributed by atoms with E-state index in [0.717, 1.165) is 17.1 Å². The third-order valence-corrected chi connectivity index (χ3v) is 4.69. The Balaban J connectivity index is 2.09. The van der Waals surface area contributed by atoms with Gasteiger partial charge < -0.3 is 15.8 Å². The van der Waals surface area contributed by atoms with Crippen molar-refractivity contribution >= 4 is 23.1 Å². The minimum absolute atomic E-state index is 0.542. The number of nitrogen functional groups attached to an aromatic ring is 1. The summed E-state index contributed by atoms with van der Waals surface area (Å²) in [6.07, 6.45) is 7.41. The maximum Gasteiger partial charge on any atom is 0.122 e. The quantitative estimate of drug-likeness (QED) is 0.820. The number of methoxy groups -OCH3 is 1. The van der Waals surface area contributed by atoms with Gasteiger partial charge in [-0.3, -0.25) is 0 Å². The first kappa shape index (κ1) is 13.4. The van der Waals surface area contributed by atoms with Crippen LogP contribution in [-0.2, 0) is 0 Å². The molecule has 2 atom stereocenters. The lowest BCUT2D eigenvalue weighted by molar-refractivity contribution is 0.415. The Morgan fingerprint density at radius 3 is 2.78 bits per heavy atom. The van der Waals surface area contributed by atoms with Crippen LogP contribution < -0.4 is 15.8 Å². The second kappa shape index (κ2) is 6.23. The molecule has 0 aromatic heterocycles. The van der Waals surface area contributed by atoms with Gasteiger partial charge in [0.2, 0.25) is 0 Å². The molecule has 2 rings (SSSR count). The number of anilines is 2. The molecule has 0 bridgehead atoms. The standard InChI is InChI=1S/C14H22N2OS/c1-17-12-8-10(15)7-11(9-12)16-13-5-3-4-6-14(13)18-2/h7-9,13-14,16H,3-6,15H2,1-2H3. The topological polar surface area (TPSA) is 47.3 Å². The molecule has 0 aliphatic heterocycles. The van der Waals surface area contributed by atoms with E-state index in [1.807, 2.05) is 30.0 Å². The molecular weight excluding hydrogens is 244 g/mol. The van der Waals surface area contributed by atoms with Crippen LogP contribution in [0.3, 0.4) is 0 Å². The van der Waals surface area contributed by atoms with Gasteiger partial charge >= 0.3 is 0 Å². The molecule has 0 heterocycles. The molecule has 1 aliphatic rings. The van der Waals surface area contributed by atoms with Crippen LogP contribution in [0.5, 0.6) is 5.75 Å². The summed E-state index contributed by atoms with van der Waals surface area (Å²) < 4.78 is 5.25. The molecule has 0 saturated heterocycles. The zero-order valence-corrected chi connectivity index (χ0v) is 11.9. The zero-order chi connectivity index (χ0) is 13.0. The van der Waals surface area contributed by atoms with Gasteiger partial charge in [-0.2, -0.15) is 11.8 Å². The van der Waals surface area contributed by atoms with Crippen molar-refractivity contribution in [3.05, 3.63) is 18.2 Å². The number of hydrogen-bond donors (Lipinski definition) is 2. The van der Waals surface area contributed by atoms with Gasteiger partial charge in [0.1, 0.15) is 5.75 Å². The van der Waals surface area contributed by atoms with Crippen LogP contribution in [0.4, 0.5) is 11.4 Å². The van der Waals surface area contributed by atoms with E-state index in [2.05, 4.69) is 11.6 Å². The molecule has 18 heavy (non-hydrogen) atoms. The Bertz CT molecular complexity index is 397. The Morgan fingerprint density at radius 1 is 1.28 bits per heavy atom. The average Bonchev–Trinajstić information content (AvgIpc) is 2.38. The summed E-state index contributed by atoms with van der Waals surface area (Å²) in [4.78, 5) is 0. The highest BCUT2D eigenvalue weighted by atomic mass is 32.2. The number of nitrogens with two attached hydrogens (primary N) is 1. The highest BCUT2D eigenvalue weighted by Crippen LogP contribution is 2.31. The number of ether oxygens (including phenoxy) is 1. The van der Waals surface area contributed by atoms with Gasteiger partial charge in [-0.1, -0.05) is 12.8 Å². The maximum absolute atomic E-state index is 5.88. The molecule has 0 amide bonds. The van der Waals surface area contributed by atoms with Crippen molar-refractivity contribution in [3.63, 3.8) is 0 Å². The van der Waals surface area contributed by atoms with Crippen LogP contribution in [0.25, 0.3) is 0 Å². The monoisotopic (exact) mass is 266 g/mol. The lowest BCUT2D eigenvalue weighted by atomic mass is 9.94. The van der Waals surface area contributed by atoms with Crippen LogP contribution in [0.2, 0.25) is 0 Å².